The molecule has 0 unspecified atom stereocenters. The smallest absolute Gasteiger partial charge is 0.255 e. The van der Waals surface area contributed by atoms with Gasteiger partial charge in [0, 0.05) is 12.7 Å². The SMILES string of the molecule is CNS(=O)(=O)CCNC(=O)c1ccncc1O. The second-order valence-electron chi connectivity index (χ2n) is 3.17. The molecule has 94 valence electrons. The van der Waals surface area contributed by atoms with Gasteiger partial charge in [-0.15, -0.1) is 0 Å². The summed E-state index contributed by atoms with van der Waals surface area (Å²) in [6.07, 6.45) is 2.50. The predicted molar refractivity (Wildman–Crippen MR) is 61.1 cm³/mol. The lowest BCUT2D eigenvalue weighted by Gasteiger charge is -2.06. The van der Waals surface area contributed by atoms with Crippen LogP contribution in [0.3, 0.4) is 0 Å². The Kier molecular flexibility index (Phi) is 4.41. The first-order valence-corrected chi connectivity index (χ1v) is 6.44. The van der Waals surface area contributed by atoms with Crippen molar-refractivity contribution in [3.63, 3.8) is 0 Å². The molecule has 3 N–H and O–H groups in total. The molecule has 0 atom stereocenters. The van der Waals surface area contributed by atoms with Gasteiger partial charge in [0.05, 0.1) is 17.5 Å². The fourth-order valence-corrected chi connectivity index (χ4v) is 1.65. The second kappa shape index (κ2) is 5.60. The highest BCUT2D eigenvalue weighted by Crippen LogP contribution is 2.12. The highest BCUT2D eigenvalue weighted by Gasteiger charge is 2.12. The minimum atomic E-state index is -3.35. The van der Waals surface area contributed by atoms with Gasteiger partial charge in [0.1, 0.15) is 5.75 Å². The number of hydrogen-bond donors (Lipinski definition) is 3. The van der Waals surface area contributed by atoms with Crippen molar-refractivity contribution in [2.75, 3.05) is 19.3 Å². The summed E-state index contributed by atoms with van der Waals surface area (Å²) >= 11 is 0. The molecule has 0 aromatic carbocycles. The van der Waals surface area contributed by atoms with Crippen LogP contribution >= 0.6 is 0 Å². The van der Waals surface area contributed by atoms with E-state index in [1.165, 1.54) is 19.3 Å². The Morgan fingerprint density at radius 1 is 1.53 bits per heavy atom. The first-order chi connectivity index (χ1) is 7.96. The van der Waals surface area contributed by atoms with Crippen molar-refractivity contribution in [3.05, 3.63) is 24.0 Å². The van der Waals surface area contributed by atoms with Gasteiger partial charge >= 0.3 is 0 Å². The molecule has 0 aliphatic heterocycles. The summed E-state index contributed by atoms with van der Waals surface area (Å²) in [5.74, 6) is -1.01. The molecule has 1 rings (SSSR count). The zero-order chi connectivity index (χ0) is 12.9. The maximum atomic E-state index is 11.5. The van der Waals surface area contributed by atoms with Gasteiger partial charge in [-0.1, -0.05) is 0 Å². The van der Waals surface area contributed by atoms with E-state index in [9.17, 15) is 18.3 Å². The van der Waals surface area contributed by atoms with Crippen molar-refractivity contribution in [1.29, 1.82) is 0 Å². The van der Waals surface area contributed by atoms with E-state index in [-0.39, 0.29) is 23.6 Å². The van der Waals surface area contributed by atoms with Crippen molar-refractivity contribution >= 4 is 15.9 Å². The minimum Gasteiger partial charge on any atom is -0.505 e. The summed E-state index contributed by atoms with van der Waals surface area (Å²) in [5.41, 5.74) is 0.0573. The molecule has 8 heteroatoms. The topological polar surface area (TPSA) is 108 Å². The zero-order valence-corrected chi connectivity index (χ0v) is 9.99. The summed E-state index contributed by atoms with van der Waals surface area (Å²) in [5, 5.41) is 11.7. The van der Waals surface area contributed by atoms with Crippen LogP contribution < -0.4 is 10.0 Å². The van der Waals surface area contributed by atoms with Gasteiger partial charge < -0.3 is 10.4 Å². The van der Waals surface area contributed by atoms with E-state index in [2.05, 4.69) is 15.0 Å². The van der Waals surface area contributed by atoms with Crippen molar-refractivity contribution in [1.82, 2.24) is 15.0 Å². The number of rotatable bonds is 5. The molecule has 17 heavy (non-hydrogen) atoms. The summed E-state index contributed by atoms with van der Waals surface area (Å²) in [7, 11) is -2.05. The van der Waals surface area contributed by atoms with Crippen LogP contribution in [0.4, 0.5) is 0 Å². The number of aromatic nitrogens is 1. The van der Waals surface area contributed by atoms with Gasteiger partial charge in [-0.2, -0.15) is 0 Å². The Hall–Kier alpha value is -1.67. The van der Waals surface area contributed by atoms with Gasteiger partial charge in [-0.25, -0.2) is 13.1 Å². The van der Waals surface area contributed by atoms with Gasteiger partial charge in [0.15, 0.2) is 0 Å². The zero-order valence-electron chi connectivity index (χ0n) is 9.17. The molecule has 0 saturated carbocycles. The molecule has 1 amide bonds. The van der Waals surface area contributed by atoms with E-state index in [0.29, 0.717) is 0 Å². The number of carbonyl (C=O) groups excluding carboxylic acids is 1. The molecule has 0 spiro atoms. The van der Waals surface area contributed by atoms with Crippen molar-refractivity contribution in [2.24, 2.45) is 0 Å². The predicted octanol–water partition coefficient (Wildman–Crippen LogP) is -0.934. The molecule has 0 aliphatic rings. The Morgan fingerprint density at radius 2 is 2.24 bits per heavy atom. The number of aromatic hydroxyl groups is 1. The van der Waals surface area contributed by atoms with Crippen LogP contribution in [0.5, 0.6) is 5.75 Å². The van der Waals surface area contributed by atoms with E-state index < -0.39 is 15.9 Å². The van der Waals surface area contributed by atoms with E-state index in [4.69, 9.17) is 0 Å². The van der Waals surface area contributed by atoms with Crippen LogP contribution in [-0.4, -0.2) is 43.8 Å². The Bertz CT molecular complexity index is 501. The van der Waals surface area contributed by atoms with Gasteiger partial charge in [-0.05, 0) is 13.1 Å². The van der Waals surface area contributed by atoms with E-state index in [1.54, 1.807) is 0 Å². The molecule has 0 saturated heterocycles. The largest absolute Gasteiger partial charge is 0.505 e. The Balaban J connectivity index is 2.55. The van der Waals surface area contributed by atoms with E-state index in [1.807, 2.05) is 0 Å². The lowest BCUT2D eigenvalue weighted by molar-refractivity contribution is 0.0953. The van der Waals surface area contributed by atoms with Crippen LogP contribution in [0, 0.1) is 0 Å². The van der Waals surface area contributed by atoms with Crippen LogP contribution in [-0.2, 0) is 10.0 Å². The van der Waals surface area contributed by atoms with E-state index >= 15 is 0 Å². The normalized spacial score (nSPS) is 11.1. The summed E-state index contributed by atoms with van der Waals surface area (Å²) in [6.45, 7) is -0.0379. The molecule has 0 bridgehead atoms. The summed E-state index contributed by atoms with van der Waals surface area (Å²) in [4.78, 5) is 15.1. The number of pyridine rings is 1. The maximum Gasteiger partial charge on any atom is 0.255 e. The Labute approximate surface area is 98.9 Å². The number of nitrogens with one attached hydrogen (secondary N) is 2. The van der Waals surface area contributed by atoms with Crippen molar-refractivity contribution in [3.8, 4) is 5.75 Å². The highest BCUT2D eigenvalue weighted by molar-refractivity contribution is 7.89. The minimum absolute atomic E-state index is 0.0379. The third-order valence-corrected chi connectivity index (χ3v) is 3.38. The van der Waals surface area contributed by atoms with Gasteiger partial charge in [-0.3, -0.25) is 9.78 Å². The third-order valence-electron chi connectivity index (χ3n) is 2.01. The van der Waals surface area contributed by atoms with Crippen LogP contribution in [0.25, 0.3) is 0 Å². The highest BCUT2D eigenvalue weighted by atomic mass is 32.2. The molecule has 1 aromatic rings. The average molecular weight is 259 g/mol. The number of amides is 1. The standard InChI is InChI=1S/C9H13N3O4S/c1-10-17(15,16)5-4-12-9(14)7-2-3-11-6-8(7)13/h2-3,6,10,13H,4-5H2,1H3,(H,12,14). The molecule has 0 radical (unpaired) electrons. The lowest BCUT2D eigenvalue weighted by atomic mass is 10.2. The van der Waals surface area contributed by atoms with E-state index in [0.717, 1.165) is 6.20 Å². The molecule has 7 nitrogen and oxygen atoms in total. The van der Waals surface area contributed by atoms with Crippen molar-refractivity contribution in [2.45, 2.75) is 0 Å². The molecular weight excluding hydrogens is 246 g/mol. The summed E-state index contributed by atoms with van der Waals surface area (Å²) in [6, 6.07) is 1.34. The van der Waals surface area contributed by atoms with Crippen LogP contribution in [0.2, 0.25) is 0 Å². The molecule has 0 aliphatic carbocycles. The fourth-order valence-electron chi connectivity index (χ4n) is 1.07. The first-order valence-electron chi connectivity index (χ1n) is 4.78. The number of carbonyl (C=O) groups is 1. The lowest BCUT2D eigenvalue weighted by Crippen LogP contribution is -2.32. The van der Waals surface area contributed by atoms with Gasteiger partial charge in [0.25, 0.3) is 5.91 Å². The van der Waals surface area contributed by atoms with Crippen molar-refractivity contribution < 1.29 is 18.3 Å². The Morgan fingerprint density at radius 3 is 2.82 bits per heavy atom. The maximum absolute atomic E-state index is 11.5. The molecule has 1 heterocycles. The molecule has 1 aromatic heterocycles. The first kappa shape index (κ1) is 13.4. The number of sulfonamides is 1. The summed E-state index contributed by atoms with van der Waals surface area (Å²) < 4.78 is 24.3. The third kappa shape index (κ3) is 4.00. The van der Waals surface area contributed by atoms with Gasteiger partial charge in [0.2, 0.25) is 10.0 Å². The number of hydrogen-bond acceptors (Lipinski definition) is 5. The fraction of sp³-hybridized carbons (Fsp3) is 0.333. The second-order valence-corrected chi connectivity index (χ2v) is 5.22. The average Bonchev–Trinajstić information content (AvgIpc) is 2.29. The number of nitrogens with zero attached hydrogens (tertiary/aromatic N) is 1. The van der Waals surface area contributed by atoms with Crippen LogP contribution in [0.1, 0.15) is 10.4 Å². The quantitative estimate of drug-likeness (QED) is 0.633. The monoisotopic (exact) mass is 259 g/mol. The molecule has 0 fully saturated rings. The van der Waals surface area contributed by atoms with Crippen LogP contribution in [0.15, 0.2) is 18.5 Å². The molecular formula is C9H13N3O4S.